The number of thiazole rings is 1. The average molecular weight is 428 g/mol. The highest BCUT2D eigenvalue weighted by molar-refractivity contribution is 7.16. The molecule has 0 aliphatic carbocycles. The number of hydrogen-bond acceptors (Lipinski definition) is 7. The molecule has 0 aliphatic heterocycles. The normalized spacial score (nSPS) is 11.3. The van der Waals surface area contributed by atoms with Crippen LogP contribution in [0.25, 0.3) is 10.2 Å². The minimum atomic E-state index is -0.811. The van der Waals surface area contributed by atoms with Gasteiger partial charge in [0.25, 0.3) is 11.6 Å². The topological polar surface area (TPSA) is 133 Å². The van der Waals surface area contributed by atoms with Crippen molar-refractivity contribution in [2.45, 2.75) is 13.5 Å². The third kappa shape index (κ3) is 4.41. The molecule has 30 heavy (non-hydrogen) atoms. The quantitative estimate of drug-likeness (QED) is 0.377. The van der Waals surface area contributed by atoms with Gasteiger partial charge in [0, 0.05) is 18.7 Å². The van der Waals surface area contributed by atoms with Crippen LogP contribution in [0, 0.1) is 10.1 Å². The molecule has 0 bridgehead atoms. The number of ether oxygens (including phenoxy) is 1. The molecule has 1 heterocycles. The van der Waals surface area contributed by atoms with E-state index in [1.807, 2.05) is 0 Å². The summed E-state index contributed by atoms with van der Waals surface area (Å²) in [5, 5.41) is 13.9. The fourth-order valence-corrected chi connectivity index (χ4v) is 3.81. The lowest BCUT2D eigenvalue weighted by molar-refractivity contribution is -0.385. The highest BCUT2D eigenvalue weighted by atomic mass is 32.1. The molecule has 0 unspecified atom stereocenters. The van der Waals surface area contributed by atoms with Gasteiger partial charge in [0.1, 0.15) is 12.1 Å². The van der Waals surface area contributed by atoms with Crippen molar-refractivity contribution >= 4 is 50.7 Å². The van der Waals surface area contributed by atoms with Crippen LogP contribution in [0.1, 0.15) is 17.3 Å². The van der Waals surface area contributed by atoms with Crippen LogP contribution in [-0.4, -0.2) is 34.4 Å². The number of aromatic nitrogens is 1. The molecule has 1 N–H and O–H groups in total. The number of anilines is 1. The van der Waals surface area contributed by atoms with Crippen molar-refractivity contribution in [3.8, 4) is 0 Å². The Balaban J connectivity index is 2.16. The number of methoxy groups -OCH3 is 1. The van der Waals surface area contributed by atoms with Gasteiger partial charge in [0.2, 0.25) is 5.91 Å². The van der Waals surface area contributed by atoms with E-state index in [0.29, 0.717) is 15.9 Å². The van der Waals surface area contributed by atoms with Crippen LogP contribution in [0.5, 0.6) is 0 Å². The standard InChI is InChI=1S/C19H16N4O6S/c1-11(24)20-12-7-8-15-16(9-12)30-19(22(15)10-17(25)29-2)21-18(26)13-5-3-4-6-14(13)23(27)28/h3-9H,10H2,1-2H3,(H,20,24). The van der Waals surface area contributed by atoms with Gasteiger partial charge >= 0.3 is 5.97 Å². The first-order valence-electron chi connectivity index (χ1n) is 8.60. The maximum absolute atomic E-state index is 12.7. The molecular weight excluding hydrogens is 412 g/mol. The molecule has 2 aromatic carbocycles. The molecule has 11 heteroatoms. The lowest BCUT2D eigenvalue weighted by Crippen LogP contribution is -2.22. The molecule has 3 aromatic rings. The highest BCUT2D eigenvalue weighted by Gasteiger charge is 2.20. The molecule has 0 radical (unpaired) electrons. The third-order valence-corrected chi connectivity index (χ3v) is 5.09. The van der Waals surface area contributed by atoms with E-state index < -0.39 is 16.8 Å². The molecule has 0 saturated carbocycles. The lowest BCUT2D eigenvalue weighted by atomic mass is 10.2. The summed E-state index contributed by atoms with van der Waals surface area (Å²) in [7, 11) is 1.24. The Morgan fingerprint density at radius 3 is 2.63 bits per heavy atom. The molecule has 1 aromatic heterocycles. The number of nitrogens with one attached hydrogen (secondary N) is 1. The maximum atomic E-state index is 12.7. The Bertz CT molecular complexity index is 1240. The molecule has 0 aliphatic rings. The second-order valence-electron chi connectivity index (χ2n) is 6.10. The molecule has 154 valence electrons. The summed E-state index contributed by atoms with van der Waals surface area (Å²) in [5.41, 5.74) is 0.606. The molecule has 3 rings (SSSR count). The number of nitro benzene ring substituents is 1. The second kappa shape index (κ2) is 8.66. The van der Waals surface area contributed by atoms with E-state index in [4.69, 9.17) is 4.74 Å². The number of para-hydroxylation sites is 1. The zero-order valence-corrected chi connectivity index (χ0v) is 16.8. The van der Waals surface area contributed by atoms with Gasteiger partial charge in [-0.25, -0.2) is 0 Å². The number of benzene rings is 2. The first-order valence-corrected chi connectivity index (χ1v) is 9.42. The number of amides is 2. The Morgan fingerprint density at radius 1 is 1.23 bits per heavy atom. The van der Waals surface area contributed by atoms with Crippen LogP contribution in [0.15, 0.2) is 47.5 Å². The number of carbonyl (C=O) groups excluding carboxylic acids is 3. The predicted molar refractivity (Wildman–Crippen MR) is 109 cm³/mol. The van der Waals surface area contributed by atoms with Crippen molar-refractivity contribution in [3.63, 3.8) is 0 Å². The van der Waals surface area contributed by atoms with Crippen LogP contribution in [0.2, 0.25) is 0 Å². The molecular formula is C19H16N4O6S. The van der Waals surface area contributed by atoms with Gasteiger partial charge in [-0.15, -0.1) is 0 Å². The Morgan fingerprint density at radius 2 is 1.97 bits per heavy atom. The van der Waals surface area contributed by atoms with E-state index in [1.54, 1.807) is 18.2 Å². The van der Waals surface area contributed by atoms with Gasteiger partial charge < -0.3 is 14.6 Å². The van der Waals surface area contributed by atoms with E-state index in [0.717, 1.165) is 11.3 Å². The average Bonchev–Trinajstić information content (AvgIpc) is 3.03. The summed E-state index contributed by atoms with van der Waals surface area (Å²) >= 11 is 1.10. The molecule has 10 nitrogen and oxygen atoms in total. The van der Waals surface area contributed by atoms with E-state index in [9.17, 15) is 24.5 Å². The van der Waals surface area contributed by atoms with E-state index in [-0.39, 0.29) is 28.5 Å². The zero-order chi connectivity index (χ0) is 21.8. The Labute approximate surface area is 173 Å². The minimum absolute atomic E-state index is 0.163. The number of rotatable bonds is 5. The molecule has 0 atom stereocenters. The van der Waals surface area contributed by atoms with Crippen molar-refractivity contribution in [2.24, 2.45) is 4.99 Å². The maximum Gasteiger partial charge on any atom is 0.325 e. The minimum Gasteiger partial charge on any atom is -0.468 e. The van der Waals surface area contributed by atoms with E-state index >= 15 is 0 Å². The highest BCUT2D eigenvalue weighted by Crippen LogP contribution is 2.23. The van der Waals surface area contributed by atoms with Crippen LogP contribution in [-0.2, 0) is 20.9 Å². The summed E-state index contributed by atoms with van der Waals surface area (Å²) in [4.78, 5) is 50.6. The zero-order valence-electron chi connectivity index (χ0n) is 15.9. The third-order valence-electron chi connectivity index (χ3n) is 4.05. The van der Waals surface area contributed by atoms with Gasteiger partial charge in [-0.3, -0.25) is 24.5 Å². The SMILES string of the molecule is COC(=O)Cn1c(=NC(=O)c2ccccc2[N+](=O)[O-])sc2cc(NC(C)=O)ccc21. The monoisotopic (exact) mass is 428 g/mol. The van der Waals surface area contributed by atoms with E-state index in [1.165, 1.54) is 42.9 Å². The Hall–Kier alpha value is -3.86. The lowest BCUT2D eigenvalue weighted by Gasteiger charge is -2.05. The molecule has 0 saturated heterocycles. The molecule has 0 fully saturated rings. The van der Waals surface area contributed by atoms with Crippen molar-refractivity contribution in [2.75, 3.05) is 12.4 Å². The summed E-state index contributed by atoms with van der Waals surface area (Å²) in [5.74, 6) is -1.61. The number of nitro groups is 1. The van der Waals surface area contributed by atoms with Crippen molar-refractivity contribution in [1.82, 2.24) is 4.57 Å². The summed E-state index contributed by atoms with van der Waals surface area (Å²) in [6.45, 7) is 1.17. The number of fused-ring (bicyclic) bond motifs is 1. The molecule has 2 amide bonds. The number of esters is 1. The second-order valence-corrected chi connectivity index (χ2v) is 7.11. The van der Waals surface area contributed by atoms with Crippen LogP contribution in [0.4, 0.5) is 11.4 Å². The predicted octanol–water partition coefficient (Wildman–Crippen LogP) is 2.48. The fraction of sp³-hybridized carbons (Fsp3) is 0.158. The van der Waals surface area contributed by atoms with Gasteiger partial charge in [-0.05, 0) is 24.3 Å². The van der Waals surface area contributed by atoms with Crippen LogP contribution in [0.3, 0.4) is 0 Å². The Kier molecular flexibility index (Phi) is 6.02. The first-order chi connectivity index (χ1) is 14.3. The van der Waals surface area contributed by atoms with Crippen molar-refractivity contribution in [3.05, 3.63) is 62.9 Å². The number of nitrogens with zero attached hydrogens (tertiary/aromatic N) is 3. The summed E-state index contributed by atoms with van der Waals surface area (Å²) in [6, 6.07) is 10.5. The largest absolute Gasteiger partial charge is 0.468 e. The number of hydrogen-bond donors (Lipinski definition) is 1. The number of carbonyl (C=O) groups is 3. The van der Waals surface area contributed by atoms with Gasteiger partial charge in [0.15, 0.2) is 4.80 Å². The smallest absolute Gasteiger partial charge is 0.325 e. The van der Waals surface area contributed by atoms with Crippen LogP contribution < -0.4 is 10.1 Å². The van der Waals surface area contributed by atoms with E-state index in [2.05, 4.69) is 10.3 Å². The van der Waals surface area contributed by atoms with Gasteiger partial charge in [-0.1, -0.05) is 23.5 Å². The summed E-state index contributed by atoms with van der Waals surface area (Å²) < 4.78 is 6.85. The van der Waals surface area contributed by atoms with Gasteiger partial charge in [0.05, 0.1) is 22.2 Å². The summed E-state index contributed by atoms with van der Waals surface area (Å²) in [6.07, 6.45) is 0. The van der Waals surface area contributed by atoms with Crippen molar-refractivity contribution < 1.29 is 24.0 Å². The molecule has 0 spiro atoms. The van der Waals surface area contributed by atoms with Gasteiger partial charge in [-0.2, -0.15) is 4.99 Å². The fourth-order valence-electron chi connectivity index (χ4n) is 2.75. The first kappa shape index (κ1) is 20.9. The van der Waals surface area contributed by atoms with Crippen molar-refractivity contribution in [1.29, 1.82) is 0 Å². The van der Waals surface area contributed by atoms with Crippen LogP contribution >= 0.6 is 11.3 Å².